The van der Waals surface area contributed by atoms with Gasteiger partial charge in [0.1, 0.15) is 11.6 Å². The van der Waals surface area contributed by atoms with Gasteiger partial charge < -0.3 is 10.2 Å². The van der Waals surface area contributed by atoms with Crippen molar-refractivity contribution in [2.45, 2.75) is 19.5 Å². The van der Waals surface area contributed by atoms with Crippen LogP contribution < -0.4 is 10.2 Å². The zero-order valence-electron chi connectivity index (χ0n) is 15.2. The van der Waals surface area contributed by atoms with Crippen molar-refractivity contribution in [3.8, 4) is 0 Å². The van der Waals surface area contributed by atoms with Crippen LogP contribution in [0.5, 0.6) is 0 Å². The number of aromatic nitrogens is 2. The molecule has 0 aliphatic carbocycles. The quantitative estimate of drug-likeness (QED) is 0.764. The van der Waals surface area contributed by atoms with Gasteiger partial charge in [-0.3, -0.25) is 4.90 Å². The Morgan fingerprint density at radius 3 is 2.50 bits per heavy atom. The van der Waals surface area contributed by atoms with Crippen molar-refractivity contribution in [3.63, 3.8) is 0 Å². The predicted molar refractivity (Wildman–Crippen MR) is 107 cm³/mol. The first-order chi connectivity index (χ1) is 12.8. The average molecular weight is 347 g/mol. The Hall–Kier alpha value is -2.66. The van der Waals surface area contributed by atoms with Gasteiger partial charge in [-0.05, 0) is 30.0 Å². The van der Waals surface area contributed by atoms with Crippen LogP contribution in [0.4, 0.5) is 11.6 Å². The van der Waals surface area contributed by atoms with Crippen molar-refractivity contribution >= 4 is 22.4 Å². The number of fused-ring (bicyclic) bond motifs is 1. The number of rotatable bonds is 5. The van der Waals surface area contributed by atoms with Gasteiger partial charge in [0.15, 0.2) is 0 Å². The van der Waals surface area contributed by atoms with Gasteiger partial charge in [-0.15, -0.1) is 0 Å². The van der Waals surface area contributed by atoms with E-state index >= 15 is 0 Å². The predicted octanol–water partition coefficient (Wildman–Crippen LogP) is 3.60. The fourth-order valence-corrected chi connectivity index (χ4v) is 3.65. The molecule has 0 radical (unpaired) electrons. The fraction of sp³-hybridized carbons (Fsp3) is 0.333. The van der Waals surface area contributed by atoms with Crippen LogP contribution in [0.15, 0.2) is 60.9 Å². The molecule has 3 heterocycles. The van der Waals surface area contributed by atoms with Gasteiger partial charge in [0.25, 0.3) is 0 Å². The maximum Gasteiger partial charge on any atom is 0.135 e. The van der Waals surface area contributed by atoms with E-state index in [1.807, 2.05) is 18.5 Å². The highest BCUT2D eigenvalue weighted by molar-refractivity contribution is 5.91. The van der Waals surface area contributed by atoms with E-state index < -0.39 is 0 Å². The largest absolute Gasteiger partial charge is 0.354 e. The molecule has 1 saturated heterocycles. The van der Waals surface area contributed by atoms with Gasteiger partial charge in [0.2, 0.25) is 0 Å². The van der Waals surface area contributed by atoms with Crippen LogP contribution in [0.1, 0.15) is 13.3 Å². The third-order valence-corrected chi connectivity index (χ3v) is 5.09. The van der Waals surface area contributed by atoms with Crippen LogP contribution in [-0.2, 0) is 0 Å². The molecule has 0 spiro atoms. The summed E-state index contributed by atoms with van der Waals surface area (Å²) in [7, 11) is 0. The maximum atomic E-state index is 4.59. The zero-order valence-corrected chi connectivity index (χ0v) is 15.2. The molecule has 2 aromatic heterocycles. The summed E-state index contributed by atoms with van der Waals surface area (Å²) in [5, 5.41) is 6.08. The highest BCUT2D eigenvalue weighted by Gasteiger charge is 2.23. The normalized spacial score (nSPS) is 16.6. The van der Waals surface area contributed by atoms with E-state index in [-0.39, 0.29) is 0 Å². The summed E-state index contributed by atoms with van der Waals surface area (Å²) < 4.78 is 0. The number of hydrogen-bond acceptors (Lipinski definition) is 5. The van der Waals surface area contributed by atoms with E-state index in [1.54, 1.807) is 0 Å². The summed E-state index contributed by atoms with van der Waals surface area (Å²) in [5.74, 6) is 2.05. The van der Waals surface area contributed by atoms with Crippen LogP contribution in [0.2, 0.25) is 0 Å². The lowest BCUT2D eigenvalue weighted by Gasteiger charge is -2.40. The lowest BCUT2D eigenvalue weighted by atomic mass is 10.1. The van der Waals surface area contributed by atoms with E-state index in [9.17, 15) is 0 Å². The summed E-state index contributed by atoms with van der Waals surface area (Å²) in [4.78, 5) is 13.9. The Morgan fingerprint density at radius 1 is 0.923 bits per heavy atom. The number of nitrogens with one attached hydrogen (secondary N) is 1. The molecule has 1 aliphatic rings. The Labute approximate surface area is 154 Å². The zero-order chi connectivity index (χ0) is 17.8. The highest BCUT2D eigenvalue weighted by Crippen LogP contribution is 2.23. The van der Waals surface area contributed by atoms with Gasteiger partial charge in [-0.25, -0.2) is 9.97 Å². The van der Waals surface area contributed by atoms with Crippen LogP contribution in [0.3, 0.4) is 0 Å². The number of benzene rings is 1. The van der Waals surface area contributed by atoms with Crippen molar-refractivity contribution in [2.75, 3.05) is 36.4 Å². The molecule has 4 rings (SSSR count). The molecule has 0 saturated carbocycles. The molecule has 3 aromatic rings. The van der Waals surface area contributed by atoms with Crippen LogP contribution in [-0.4, -0.2) is 47.2 Å². The highest BCUT2D eigenvalue weighted by atomic mass is 15.3. The molecule has 0 bridgehead atoms. The molecular formula is C21H25N5. The minimum Gasteiger partial charge on any atom is -0.354 e. The van der Waals surface area contributed by atoms with Crippen molar-refractivity contribution in [1.29, 1.82) is 0 Å². The number of nitrogens with zero attached hydrogens (tertiary/aromatic N) is 4. The topological polar surface area (TPSA) is 44.3 Å². The Balaban J connectivity index is 1.45. The Bertz CT molecular complexity index is 838. The van der Waals surface area contributed by atoms with Crippen molar-refractivity contribution in [3.05, 3.63) is 60.9 Å². The van der Waals surface area contributed by atoms with Gasteiger partial charge in [0.05, 0.1) is 6.17 Å². The number of piperazine rings is 1. The van der Waals surface area contributed by atoms with Crippen LogP contribution in [0, 0.1) is 0 Å². The smallest absolute Gasteiger partial charge is 0.135 e. The summed E-state index contributed by atoms with van der Waals surface area (Å²) >= 11 is 0. The van der Waals surface area contributed by atoms with Crippen molar-refractivity contribution < 1.29 is 0 Å². The monoisotopic (exact) mass is 347 g/mol. The first-order valence-corrected chi connectivity index (χ1v) is 9.35. The lowest BCUT2D eigenvalue weighted by Crippen LogP contribution is -2.52. The standard InChI is InChI=1S/C21H25N5/c1-2-19(24-21-18-8-4-3-7-17(18)10-12-23-21)25-13-15-26(16-14-25)20-9-5-6-11-22-20/h3-12,19H,2,13-16H2,1H3,(H,23,24). The van der Waals surface area contributed by atoms with Crippen molar-refractivity contribution in [2.24, 2.45) is 0 Å². The first-order valence-electron chi connectivity index (χ1n) is 9.35. The molecule has 134 valence electrons. The lowest BCUT2D eigenvalue weighted by molar-refractivity contribution is 0.198. The molecule has 5 heteroatoms. The second kappa shape index (κ2) is 7.70. The van der Waals surface area contributed by atoms with E-state index in [1.165, 1.54) is 10.8 Å². The third kappa shape index (κ3) is 3.48. The first kappa shape index (κ1) is 16.8. The minimum absolute atomic E-state index is 0.291. The third-order valence-electron chi connectivity index (χ3n) is 5.09. The minimum atomic E-state index is 0.291. The van der Waals surface area contributed by atoms with Gasteiger partial charge in [-0.2, -0.15) is 0 Å². The molecular weight excluding hydrogens is 322 g/mol. The number of hydrogen-bond donors (Lipinski definition) is 1. The van der Waals surface area contributed by atoms with Gasteiger partial charge >= 0.3 is 0 Å². The Kier molecular flexibility index (Phi) is 4.97. The number of pyridine rings is 2. The van der Waals surface area contributed by atoms with Gasteiger partial charge in [-0.1, -0.05) is 37.3 Å². The molecule has 1 fully saturated rings. The average Bonchev–Trinajstić information content (AvgIpc) is 2.73. The molecule has 1 N–H and O–H groups in total. The SMILES string of the molecule is CCC(Nc1nccc2ccccc12)N1CCN(c2ccccn2)CC1. The molecule has 1 atom stereocenters. The summed E-state index contributed by atoms with van der Waals surface area (Å²) in [5.41, 5.74) is 0. The molecule has 5 nitrogen and oxygen atoms in total. The van der Waals surface area contributed by atoms with Crippen molar-refractivity contribution in [1.82, 2.24) is 14.9 Å². The molecule has 26 heavy (non-hydrogen) atoms. The Morgan fingerprint density at radius 2 is 1.73 bits per heavy atom. The molecule has 1 aliphatic heterocycles. The summed E-state index contributed by atoms with van der Waals surface area (Å²) in [6, 6.07) is 16.6. The molecule has 0 amide bonds. The van der Waals surface area contributed by atoms with E-state index in [0.717, 1.165) is 44.2 Å². The second-order valence-corrected chi connectivity index (χ2v) is 6.66. The van der Waals surface area contributed by atoms with E-state index in [4.69, 9.17) is 0 Å². The van der Waals surface area contributed by atoms with Crippen LogP contribution in [0.25, 0.3) is 10.8 Å². The summed E-state index contributed by atoms with van der Waals surface area (Å²) in [6.07, 6.45) is 5.08. The number of anilines is 2. The second-order valence-electron chi connectivity index (χ2n) is 6.66. The molecule has 1 aromatic carbocycles. The van der Waals surface area contributed by atoms with Crippen LogP contribution >= 0.6 is 0 Å². The van der Waals surface area contributed by atoms with E-state index in [2.05, 4.69) is 74.5 Å². The maximum absolute atomic E-state index is 4.59. The van der Waals surface area contributed by atoms with Gasteiger partial charge in [0, 0.05) is 44.0 Å². The summed E-state index contributed by atoms with van der Waals surface area (Å²) in [6.45, 7) is 6.27. The van der Waals surface area contributed by atoms with E-state index in [0.29, 0.717) is 6.17 Å². The fourth-order valence-electron chi connectivity index (χ4n) is 3.65. The molecule has 1 unspecified atom stereocenters.